The lowest BCUT2D eigenvalue weighted by Gasteiger charge is -2.10. The van der Waals surface area contributed by atoms with E-state index in [2.05, 4.69) is 5.10 Å². The molecule has 2 aromatic heterocycles. The molecule has 0 atom stereocenters. The van der Waals surface area contributed by atoms with Gasteiger partial charge in [0, 0.05) is 11.8 Å². The number of nitrogens with two attached hydrogens (primary N) is 1. The fraction of sp³-hybridized carbons (Fsp3) is 0.125. The van der Waals surface area contributed by atoms with Crippen LogP contribution in [0.1, 0.15) is 6.42 Å². The van der Waals surface area contributed by atoms with E-state index in [4.69, 9.17) is 5.73 Å². The Morgan fingerprint density at radius 3 is 2.58 bits per heavy atom. The minimum absolute atomic E-state index is 0.0567. The first-order chi connectivity index (χ1) is 11.6. The van der Waals surface area contributed by atoms with Gasteiger partial charge in [-0.1, -0.05) is 24.3 Å². The van der Waals surface area contributed by atoms with E-state index in [9.17, 15) is 14.4 Å². The highest BCUT2D eigenvalue weighted by Crippen LogP contribution is 2.28. The molecule has 0 spiro atoms. The van der Waals surface area contributed by atoms with Crippen LogP contribution in [0.2, 0.25) is 0 Å². The SMILES string of the molecule is NC(=O)NC(=O)CCn1nc(-c2cccs2)c2ccccc2c1=O. The smallest absolute Gasteiger partial charge is 0.318 e. The highest BCUT2D eigenvalue weighted by atomic mass is 32.1. The van der Waals surface area contributed by atoms with Crippen LogP contribution in [0.3, 0.4) is 0 Å². The number of nitrogens with one attached hydrogen (secondary N) is 1. The van der Waals surface area contributed by atoms with Gasteiger partial charge < -0.3 is 5.73 Å². The Kier molecular flexibility index (Phi) is 4.39. The van der Waals surface area contributed by atoms with Crippen LogP contribution in [-0.4, -0.2) is 21.7 Å². The van der Waals surface area contributed by atoms with E-state index in [1.807, 2.05) is 35.0 Å². The molecule has 0 unspecified atom stereocenters. The quantitative estimate of drug-likeness (QED) is 0.752. The lowest BCUT2D eigenvalue weighted by Crippen LogP contribution is -2.36. The molecule has 24 heavy (non-hydrogen) atoms. The Bertz CT molecular complexity index is 963. The van der Waals surface area contributed by atoms with E-state index >= 15 is 0 Å². The standard InChI is InChI=1S/C16H14N4O3S/c17-16(23)18-13(21)7-8-20-15(22)11-5-2-1-4-10(11)14(19-20)12-6-3-9-24-12/h1-6,9H,7-8H2,(H3,17,18,21,23). The van der Waals surface area contributed by atoms with Crippen molar-refractivity contribution in [3.63, 3.8) is 0 Å². The maximum Gasteiger partial charge on any atom is 0.318 e. The number of nitrogens with zero attached hydrogens (tertiary/aromatic N) is 2. The highest BCUT2D eigenvalue weighted by Gasteiger charge is 2.13. The summed E-state index contributed by atoms with van der Waals surface area (Å²) in [6.45, 7) is 0.0567. The number of fused-ring (bicyclic) bond motifs is 1. The molecule has 3 amide bonds. The van der Waals surface area contributed by atoms with E-state index in [0.29, 0.717) is 11.1 Å². The van der Waals surface area contributed by atoms with Crippen molar-refractivity contribution in [1.29, 1.82) is 0 Å². The average molecular weight is 342 g/mol. The maximum absolute atomic E-state index is 12.6. The number of imide groups is 1. The number of urea groups is 1. The van der Waals surface area contributed by atoms with Crippen molar-refractivity contribution in [3.05, 3.63) is 52.1 Å². The number of hydrogen-bond donors (Lipinski definition) is 2. The maximum atomic E-state index is 12.6. The molecule has 2 heterocycles. The van der Waals surface area contributed by atoms with Crippen molar-refractivity contribution in [2.75, 3.05) is 0 Å². The molecule has 0 radical (unpaired) electrons. The number of aryl methyl sites for hydroxylation is 1. The molecule has 7 nitrogen and oxygen atoms in total. The van der Waals surface area contributed by atoms with Gasteiger partial charge in [-0.3, -0.25) is 14.9 Å². The second-order valence-corrected chi connectivity index (χ2v) is 6.01. The largest absolute Gasteiger partial charge is 0.351 e. The predicted molar refractivity (Wildman–Crippen MR) is 91.7 cm³/mol. The third-order valence-electron chi connectivity index (χ3n) is 3.44. The lowest BCUT2D eigenvalue weighted by atomic mass is 10.1. The fourth-order valence-electron chi connectivity index (χ4n) is 2.39. The average Bonchev–Trinajstić information content (AvgIpc) is 3.08. The number of carbonyl (C=O) groups is 2. The van der Waals surface area contributed by atoms with E-state index in [1.54, 1.807) is 12.1 Å². The molecule has 0 saturated heterocycles. The summed E-state index contributed by atoms with van der Waals surface area (Å²) in [6, 6.07) is 10.1. The lowest BCUT2D eigenvalue weighted by molar-refractivity contribution is -0.120. The summed E-state index contributed by atoms with van der Waals surface area (Å²) >= 11 is 1.52. The third-order valence-corrected chi connectivity index (χ3v) is 4.31. The van der Waals surface area contributed by atoms with Crippen LogP contribution >= 0.6 is 11.3 Å². The van der Waals surface area contributed by atoms with Gasteiger partial charge >= 0.3 is 6.03 Å². The van der Waals surface area contributed by atoms with Gasteiger partial charge in [0.25, 0.3) is 5.56 Å². The molecule has 0 aliphatic rings. The number of amides is 3. The summed E-state index contributed by atoms with van der Waals surface area (Å²) in [5.74, 6) is -0.554. The van der Waals surface area contributed by atoms with E-state index < -0.39 is 11.9 Å². The van der Waals surface area contributed by atoms with Crippen molar-refractivity contribution in [3.8, 4) is 10.6 Å². The number of thiophene rings is 1. The highest BCUT2D eigenvalue weighted by molar-refractivity contribution is 7.13. The van der Waals surface area contributed by atoms with Crippen LogP contribution in [-0.2, 0) is 11.3 Å². The van der Waals surface area contributed by atoms with Gasteiger partial charge in [-0.15, -0.1) is 11.3 Å². The second kappa shape index (κ2) is 6.63. The summed E-state index contributed by atoms with van der Waals surface area (Å²) in [5.41, 5.74) is 5.31. The summed E-state index contributed by atoms with van der Waals surface area (Å²) in [5, 5.41) is 9.62. The zero-order valence-electron chi connectivity index (χ0n) is 12.6. The van der Waals surface area contributed by atoms with Crippen molar-refractivity contribution in [1.82, 2.24) is 15.1 Å². The molecular formula is C16H14N4O3S. The van der Waals surface area contributed by atoms with Gasteiger partial charge in [-0.05, 0) is 17.5 Å². The molecule has 1 aromatic carbocycles. The molecule has 8 heteroatoms. The first-order valence-electron chi connectivity index (χ1n) is 7.19. The van der Waals surface area contributed by atoms with Crippen molar-refractivity contribution in [2.45, 2.75) is 13.0 Å². The van der Waals surface area contributed by atoms with E-state index in [1.165, 1.54) is 16.0 Å². The number of primary amides is 1. The van der Waals surface area contributed by atoms with E-state index in [0.717, 1.165) is 10.3 Å². The van der Waals surface area contributed by atoms with Gasteiger partial charge in [-0.25, -0.2) is 9.48 Å². The van der Waals surface area contributed by atoms with Gasteiger partial charge in [0.05, 0.1) is 16.8 Å². The summed E-state index contributed by atoms with van der Waals surface area (Å²) in [4.78, 5) is 35.7. The third kappa shape index (κ3) is 3.18. The molecule has 3 aromatic rings. The topological polar surface area (TPSA) is 107 Å². The fourth-order valence-corrected chi connectivity index (χ4v) is 3.11. The molecule has 122 valence electrons. The normalized spacial score (nSPS) is 10.7. The van der Waals surface area contributed by atoms with Gasteiger partial charge in [0.1, 0.15) is 5.69 Å². The van der Waals surface area contributed by atoms with Crippen molar-refractivity contribution >= 4 is 34.0 Å². The molecule has 0 fully saturated rings. The van der Waals surface area contributed by atoms with Crippen molar-refractivity contribution < 1.29 is 9.59 Å². The van der Waals surface area contributed by atoms with Gasteiger partial charge in [0.2, 0.25) is 5.91 Å². The zero-order chi connectivity index (χ0) is 17.1. The molecular weight excluding hydrogens is 328 g/mol. The van der Waals surface area contributed by atoms with Crippen LogP contribution in [0.25, 0.3) is 21.3 Å². The van der Waals surface area contributed by atoms with Gasteiger partial charge in [0.15, 0.2) is 0 Å². The summed E-state index contributed by atoms with van der Waals surface area (Å²) in [7, 11) is 0. The molecule has 0 aliphatic carbocycles. The Hall–Kier alpha value is -3.00. The Morgan fingerprint density at radius 2 is 1.92 bits per heavy atom. The van der Waals surface area contributed by atoms with Crippen LogP contribution in [0, 0.1) is 0 Å². The van der Waals surface area contributed by atoms with Crippen LogP contribution in [0.4, 0.5) is 4.79 Å². The number of carbonyl (C=O) groups excluding carboxylic acids is 2. The first-order valence-corrected chi connectivity index (χ1v) is 8.07. The van der Waals surface area contributed by atoms with E-state index in [-0.39, 0.29) is 18.5 Å². The van der Waals surface area contributed by atoms with Crippen molar-refractivity contribution in [2.24, 2.45) is 5.73 Å². The number of benzene rings is 1. The second-order valence-electron chi connectivity index (χ2n) is 5.06. The first kappa shape index (κ1) is 15.9. The molecule has 0 bridgehead atoms. The minimum Gasteiger partial charge on any atom is -0.351 e. The van der Waals surface area contributed by atoms with Crippen LogP contribution in [0.15, 0.2) is 46.6 Å². The minimum atomic E-state index is -0.918. The Balaban J connectivity index is 2.02. The van der Waals surface area contributed by atoms with Crippen LogP contribution in [0.5, 0.6) is 0 Å². The Morgan fingerprint density at radius 1 is 1.17 bits per heavy atom. The van der Waals surface area contributed by atoms with Gasteiger partial charge in [-0.2, -0.15) is 5.10 Å². The summed E-state index contributed by atoms with van der Waals surface area (Å²) < 4.78 is 1.25. The summed E-state index contributed by atoms with van der Waals surface area (Å²) in [6.07, 6.45) is -0.0714. The number of aromatic nitrogens is 2. The molecule has 0 aliphatic heterocycles. The van der Waals surface area contributed by atoms with Crippen LogP contribution < -0.4 is 16.6 Å². The monoisotopic (exact) mass is 342 g/mol. The Labute approximate surface area is 140 Å². The molecule has 0 saturated carbocycles. The zero-order valence-corrected chi connectivity index (χ0v) is 13.4. The number of hydrogen-bond acceptors (Lipinski definition) is 5. The number of rotatable bonds is 4. The predicted octanol–water partition coefficient (Wildman–Crippen LogP) is 1.71. The molecule has 3 rings (SSSR count). The molecule has 3 N–H and O–H groups in total.